The van der Waals surface area contributed by atoms with Gasteiger partial charge in [-0.2, -0.15) is 0 Å². The maximum Gasteiger partial charge on any atom is 0.407 e. The molecule has 4 nitrogen and oxygen atoms in total. The highest BCUT2D eigenvalue weighted by atomic mass is 16.5. The zero-order valence-electron chi connectivity index (χ0n) is 22.6. The van der Waals surface area contributed by atoms with Crippen molar-refractivity contribution >= 4 is 44.2 Å². The summed E-state index contributed by atoms with van der Waals surface area (Å²) in [6.45, 7) is 0.991. The van der Waals surface area contributed by atoms with Crippen LogP contribution < -0.4 is 5.32 Å². The van der Waals surface area contributed by atoms with Gasteiger partial charge in [0.15, 0.2) is 0 Å². The number of amides is 1. The summed E-state index contributed by atoms with van der Waals surface area (Å²) in [7, 11) is 0. The Kier molecular flexibility index (Phi) is 7.68. The number of hydrogen-bond donors (Lipinski definition) is 1. The lowest BCUT2D eigenvalue weighted by molar-refractivity contribution is -0.119. The molecule has 6 rings (SSSR count). The Morgan fingerprint density at radius 3 is 2.23 bits per heavy atom. The van der Waals surface area contributed by atoms with Crippen LogP contribution in [0.3, 0.4) is 0 Å². The molecule has 1 N–H and O–H groups in total. The Bertz CT molecular complexity index is 1510. The second-order valence-corrected chi connectivity index (χ2v) is 11.4. The van der Waals surface area contributed by atoms with Gasteiger partial charge in [0, 0.05) is 32.2 Å². The highest BCUT2D eigenvalue weighted by Crippen LogP contribution is 2.52. The minimum Gasteiger partial charge on any atom is -0.449 e. The number of aryl methyl sites for hydroxylation is 1. The Hall–Kier alpha value is -3.58. The SMILES string of the molecule is O=C(CCCCc1ccc2ccc3cccc4ccc1c2c34)CCCNC(=O)OCC1[C@H]2CCC#CCC[C@@H]12. The molecule has 3 atom stereocenters. The highest BCUT2D eigenvalue weighted by Gasteiger charge is 2.49. The number of carbonyl (C=O) groups is 2. The molecule has 0 radical (unpaired) electrons. The zero-order chi connectivity index (χ0) is 26.6. The molecule has 4 heteroatoms. The van der Waals surface area contributed by atoms with Crippen LogP contribution in [0.4, 0.5) is 4.79 Å². The molecule has 39 heavy (non-hydrogen) atoms. The smallest absolute Gasteiger partial charge is 0.407 e. The number of alkyl carbamates (subject to hydrolysis) is 1. The number of carbonyl (C=O) groups excluding carboxylic acids is 2. The quantitative estimate of drug-likeness (QED) is 0.125. The number of unbranched alkanes of at least 4 members (excludes halogenated alkanes) is 1. The van der Waals surface area contributed by atoms with E-state index in [1.54, 1.807) is 0 Å². The molecule has 1 saturated carbocycles. The van der Waals surface area contributed by atoms with E-state index in [-0.39, 0.29) is 11.9 Å². The Balaban J connectivity index is 0.891. The fourth-order valence-electron chi connectivity index (χ4n) is 6.76. The van der Waals surface area contributed by atoms with E-state index >= 15 is 0 Å². The Labute approximate surface area is 230 Å². The molecule has 0 heterocycles. The fraction of sp³-hybridized carbons (Fsp3) is 0.429. The highest BCUT2D eigenvalue weighted by molar-refractivity contribution is 6.23. The number of rotatable bonds is 11. The van der Waals surface area contributed by atoms with Crippen LogP contribution in [0.15, 0.2) is 54.6 Å². The number of Topliss-reactive ketones (excluding diaryl/α,β-unsaturated/α-hetero) is 1. The van der Waals surface area contributed by atoms with Gasteiger partial charge >= 0.3 is 6.09 Å². The summed E-state index contributed by atoms with van der Waals surface area (Å²) in [6, 6.07) is 19.9. The molecule has 200 valence electrons. The van der Waals surface area contributed by atoms with Crippen molar-refractivity contribution in [3.05, 3.63) is 60.2 Å². The first-order valence-corrected chi connectivity index (χ1v) is 14.7. The third kappa shape index (κ3) is 5.74. The molecule has 1 unspecified atom stereocenters. The minimum atomic E-state index is -0.355. The number of ketones is 1. The number of nitrogens with one attached hydrogen (secondary N) is 1. The normalized spacial score (nSPS) is 20.2. The largest absolute Gasteiger partial charge is 0.449 e. The van der Waals surface area contributed by atoms with Crippen LogP contribution in [-0.4, -0.2) is 25.0 Å². The van der Waals surface area contributed by atoms with Crippen LogP contribution in [0.1, 0.15) is 63.4 Å². The van der Waals surface area contributed by atoms with Gasteiger partial charge in [0.1, 0.15) is 5.78 Å². The summed E-state index contributed by atoms with van der Waals surface area (Å²) in [5, 5.41) is 10.7. The van der Waals surface area contributed by atoms with Crippen LogP contribution in [0.2, 0.25) is 0 Å². The van der Waals surface area contributed by atoms with Crippen molar-refractivity contribution in [3.8, 4) is 11.8 Å². The lowest BCUT2D eigenvalue weighted by Crippen LogP contribution is -2.26. The van der Waals surface area contributed by atoms with Gasteiger partial charge in [-0.25, -0.2) is 4.79 Å². The van der Waals surface area contributed by atoms with Crippen molar-refractivity contribution in [3.63, 3.8) is 0 Å². The fourth-order valence-corrected chi connectivity index (χ4v) is 6.76. The van der Waals surface area contributed by atoms with Gasteiger partial charge in [0.05, 0.1) is 6.61 Å². The van der Waals surface area contributed by atoms with E-state index < -0.39 is 0 Å². The van der Waals surface area contributed by atoms with Crippen LogP contribution in [-0.2, 0) is 16.0 Å². The van der Waals surface area contributed by atoms with Gasteiger partial charge in [-0.3, -0.25) is 4.79 Å². The maximum atomic E-state index is 12.4. The van der Waals surface area contributed by atoms with Gasteiger partial charge in [0.25, 0.3) is 0 Å². The van der Waals surface area contributed by atoms with Crippen molar-refractivity contribution in [2.75, 3.05) is 13.2 Å². The summed E-state index contributed by atoms with van der Waals surface area (Å²) in [5.74, 6) is 8.56. The summed E-state index contributed by atoms with van der Waals surface area (Å²) < 4.78 is 5.46. The Morgan fingerprint density at radius 1 is 0.795 bits per heavy atom. The molecule has 0 aliphatic heterocycles. The number of ether oxygens (including phenoxy) is 1. The molecule has 4 aromatic rings. The van der Waals surface area contributed by atoms with E-state index in [1.807, 2.05) is 0 Å². The van der Waals surface area contributed by atoms with Crippen molar-refractivity contribution in [1.82, 2.24) is 5.32 Å². The van der Waals surface area contributed by atoms with Crippen LogP contribution in [0, 0.1) is 29.6 Å². The zero-order valence-corrected chi connectivity index (χ0v) is 22.6. The van der Waals surface area contributed by atoms with E-state index in [0.29, 0.717) is 50.2 Å². The topological polar surface area (TPSA) is 55.4 Å². The first-order valence-electron chi connectivity index (χ1n) is 14.7. The molecule has 1 fully saturated rings. The molecule has 4 aromatic carbocycles. The van der Waals surface area contributed by atoms with Crippen molar-refractivity contribution in [2.45, 2.75) is 64.2 Å². The van der Waals surface area contributed by atoms with Crippen molar-refractivity contribution < 1.29 is 14.3 Å². The molecule has 0 spiro atoms. The van der Waals surface area contributed by atoms with E-state index in [4.69, 9.17) is 4.74 Å². The third-order valence-corrected chi connectivity index (χ3v) is 8.92. The van der Waals surface area contributed by atoms with Gasteiger partial charge in [0.2, 0.25) is 0 Å². The first-order chi connectivity index (χ1) is 19.2. The number of benzene rings is 4. The van der Waals surface area contributed by atoms with Gasteiger partial charge in [-0.05, 0) is 94.2 Å². The predicted molar refractivity (Wildman–Crippen MR) is 158 cm³/mol. The molecule has 2 aliphatic rings. The average molecular weight is 520 g/mol. The molecule has 2 aliphatic carbocycles. The molecule has 0 aromatic heterocycles. The molecular formula is C35H37NO3. The maximum absolute atomic E-state index is 12.4. The number of fused-ring (bicyclic) bond motifs is 1. The minimum absolute atomic E-state index is 0.275. The summed E-state index contributed by atoms with van der Waals surface area (Å²) in [4.78, 5) is 24.5. The van der Waals surface area contributed by atoms with Crippen LogP contribution in [0.25, 0.3) is 32.3 Å². The second-order valence-electron chi connectivity index (χ2n) is 11.4. The molecular weight excluding hydrogens is 482 g/mol. The third-order valence-electron chi connectivity index (χ3n) is 8.92. The summed E-state index contributed by atoms with van der Waals surface area (Å²) in [6.07, 6.45) is 8.49. The van der Waals surface area contributed by atoms with Crippen LogP contribution >= 0.6 is 0 Å². The van der Waals surface area contributed by atoms with Gasteiger partial charge in [-0.1, -0.05) is 54.6 Å². The number of hydrogen-bond acceptors (Lipinski definition) is 3. The van der Waals surface area contributed by atoms with Crippen molar-refractivity contribution in [2.24, 2.45) is 17.8 Å². The lowest BCUT2D eigenvalue weighted by atomic mass is 9.90. The van der Waals surface area contributed by atoms with Gasteiger partial charge < -0.3 is 10.1 Å². The average Bonchev–Trinajstić information content (AvgIpc) is 3.60. The van der Waals surface area contributed by atoms with E-state index in [1.165, 1.54) is 37.9 Å². The van der Waals surface area contributed by atoms with E-state index in [0.717, 1.165) is 44.9 Å². The Morgan fingerprint density at radius 2 is 1.46 bits per heavy atom. The molecule has 0 saturated heterocycles. The monoisotopic (exact) mass is 519 g/mol. The van der Waals surface area contributed by atoms with Crippen molar-refractivity contribution in [1.29, 1.82) is 0 Å². The first kappa shape index (κ1) is 25.7. The summed E-state index contributed by atoms with van der Waals surface area (Å²) in [5.41, 5.74) is 1.36. The van der Waals surface area contributed by atoms with Gasteiger partial charge in [-0.15, -0.1) is 11.8 Å². The summed E-state index contributed by atoms with van der Waals surface area (Å²) >= 11 is 0. The van der Waals surface area contributed by atoms with Crippen LogP contribution in [0.5, 0.6) is 0 Å². The predicted octanol–water partition coefficient (Wildman–Crippen LogP) is 7.81. The lowest BCUT2D eigenvalue weighted by Gasteiger charge is -2.14. The molecule has 1 amide bonds. The second kappa shape index (κ2) is 11.7. The van der Waals surface area contributed by atoms with E-state index in [2.05, 4.69) is 71.8 Å². The standard InChI is InChI=1S/C35H37NO3/c37-28(13-8-22-36-35(38)39-23-32-30-14-3-1-2-4-15-31(30)32)12-6-5-9-24-16-17-27-19-18-25-10-7-11-26-20-21-29(24)34(27)33(25)26/h7,10-11,16-21,30-32H,3-6,8-9,12-15,22-23H2,(H,36,38)/t30-,31+,32?. The van der Waals surface area contributed by atoms with E-state index in [9.17, 15) is 9.59 Å². The molecule has 0 bridgehead atoms.